The Bertz CT molecular complexity index is 706. The molecule has 1 aliphatic rings. The summed E-state index contributed by atoms with van der Waals surface area (Å²) in [6.45, 7) is 5.61. The molecule has 1 aliphatic heterocycles. The van der Waals surface area contributed by atoms with Crippen molar-refractivity contribution in [2.45, 2.75) is 32.7 Å². The van der Waals surface area contributed by atoms with E-state index in [0.29, 0.717) is 19.1 Å². The minimum atomic E-state index is 0.105. The second-order valence-electron chi connectivity index (χ2n) is 6.18. The van der Waals surface area contributed by atoms with Crippen LogP contribution >= 0.6 is 0 Å². The molecule has 0 spiro atoms. The van der Waals surface area contributed by atoms with Crippen LogP contribution in [0.1, 0.15) is 46.8 Å². The minimum Gasteiger partial charge on any atom is -0.384 e. The van der Waals surface area contributed by atoms with Gasteiger partial charge in [0.2, 0.25) is 0 Å². The van der Waals surface area contributed by atoms with E-state index in [4.69, 9.17) is 4.74 Å². The topological polar surface area (TPSA) is 29.5 Å². The predicted octanol–water partition coefficient (Wildman–Crippen LogP) is 4.16. The Labute approximate surface area is 137 Å². The first-order valence-electron chi connectivity index (χ1n) is 8.16. The fourth-order valence-corrected chi connectivity index (χ4v) is 3.11. The van der Waals surface area contributed by atoms with Gasteiger partial charge in [0.25, 0.3) is 5.91 Å². The Hall–Kier alpha value is -2.13. The van der Waals surface area contributed by atoms with Gasteiger partial charge >= 0.3 is 0 Å². The standard InChI is InChI=1S/C20H23NO2/c1-4-15-5-6-17-12-21(20(22)19(17)11-15)18-9-7-16(8-10-18)14(2)13-23-3/h5-11,14H,4,12-13H2,1-3H3. The number of aryl methyl sites for hydroxylation is 1. The van der Waals surface area contributed by atoms with Crippen molar-refractivity contribution in [1.82, 2.24) is 0 Å². The number of fused-ring (bicyclic) bond motifs is 1. The van der Waals surface area contributed by atoms with Gasteiger partial charge in [-0.25, -0.2) is 0 Å². The molecule has 0 aromatic heterocycles. The van der Waals surface area contributed by atoms with E-state index >= 15 is 0 Å². The number of benzene rings is 2. The van der Waals surface area contributed by atoms with Gasteiger partial charge in [0.05, 0.1) is 13.2 Å². The van der Waals surface area contributed by atoms with Gasteiger partial charge in [-0.05, 0) is 41.3 Å². The van der Waals surface area contributed by atoms with Gasteiger partial charge in [-0.3, -0.25) is 4.79 Å². The van der Waals surface area contributed by atoms with Gasteiger partial charge < -0.3 is 9.64 Å². The molecule has 2 aromatic rings. The molecule has 0 bridgehead atoms. The summed E-state index contributed by atoms with van der Waals surface area (Å²) >= 11 is 0. The number of carbonyl (C=O) groups is 1. The van der Waals surface area contributed by atoms with Gasteiger partial charge in [-0.1, -0.05) is 38.1 Å². The lowest BCUT2D eigenvalue weighted by Crippen LogP contribution is -2.23. The van der Waals surface area contributed by atoms with Crippen molar-refractivity contribution in [3.8, 4) is 0 Å². The zero-order chi connectivity index (χ0) is 16.4. The maximum atomic E-state index is 12.7. The van der Waals surface area contributed by atoms with Crippen LogP contribution in [0.15, 0.2) is 42.5 Å². The molecule has 120 valence electrons. The highest BCUT2D eigenvalue weighted by atomic mass is 16.5. The first-order valence-corrected chi connectivity index (χ1v) is 8.16. The number of carbonyl (C=O) groups excluding carboxylic acids is 1. The molecule has 0 N–H and O–H groups in total. The van der Waals surface area contributed by atoms with Crippen LogP contribution in [0.3, 0.4) is 0 Å². The van der Waals surface area contributed by atoms with Gasteiger partial charge in [0.15, 0.2) is 0 Å². The van der Waals surface area contributed by atoms with Crippen molar-refractivity contribution in [2.75, 3.05) is 18.6 Å². The largest absolute Gasteiger partial charge is 0.384 e. The molecular weight excluding hydrogens is 286 g/mol. The van der Waals surface area contributed by atoms with E-state index in [9.17, 15) is 4.79 Å². The highest BCUT2D eigenvalue weighted by molar-refractivity contribution is 6.10. The lowest BCUT2D eigenvalue weighted by molar-refractivity contribution is 0.0996. The van der Waals surface area contributed by atoms with Crippen LogP contribution < -0.4 is 4.90 Å². The Morgan fingerprint density at radius 1 is 1.17 bits per heavy atom. The lowest BCUT2D eigenvalue weighted by atomic mass is 10.0. The number of amides is 1. The summed E-state index contributed by atoms with van der Waals surface area (Å²) in [6.07, 6.45) is 0.951. The van der Waals surface area contributed by atoms with Crippen LogP contribution in [0, 0.1) is 0 Å². The SMILES string of the molecule is CCc1ccc2c(c1)C(=O)N(c1ccc(C(C)COC)cc1)C2. The summed E-state index contributed by atoms with van der Waals surface area (Å²) < 4.78 is 5.20. The molecule has 1 atom stereocenters. The summed E-state index contributed by atoms with van der Waals surface area (Å²) in [7, 11) is 1.72. The van der Waals surface area contributed by atoms with Gasteiger partial charge in [0.1, 0.15) is 0 Å². The predicted molar refractivity (Wildman–Crippen MR) is 93.1 cm³/mol. The fourth-order valence-electron chi connectivity index (χ4n) is 3.11. The summed E-state index contributed by atoms with van der Waals surface area (Å²) in [4.78, 5) is 14.5. The number of ether oxygens (including phenoxy) is 1. The molecule has 1 unspecified atom stereocenters. The van der Waals surface area contributed by atoms with Crippen LogP contribution in [-0.2, 0) is 17.7 Å². The molecular formula is C20H23NO2. The Balaban J connectivity index is 1.82. The van der Waals surface area contributed by atoms with Crippen LogP contribution in [0.25, 0.3) is 0 Å². The van der Waals surface area contributed by atoms with Crippen LogP contribution in [0.5, 0.6) is 0 Å². The zero-order valence-electron chi connectivity index (χ0n) is 14.0. The molecule has 23 heavy (non-hydrogen) atoms. The van der Waals surface area contributed by atoms with Crippen molar-refractivity contribution in [3.05, 3.63) is 64.7 Å². The Morgan fingerprint density at radius 2 is 1.91 bits per heavy atom. The number of methoxy groups -OCH3 is 1. The molecule has 3 nitrogen and oxygen atoms in total. The van der Waals surface area contributed by atoms with Crippen molar-refractivity contribution < 1.29 is 9.53 Å². The van der Waals surface area contributed by atoms with E-state index < -0.39 is 0 Å². The number of nitrogens with zero attached hydrogens (tertiary/aromatic N) is 1. The van der Waals surface area contributed by atoms with Crippen LogP contribution in [-0.4, -0.2) is 19.6 Å². The molecule has 1 amide bonds. The van der Waals surface area contributed by atoms with Crippen LogP contribution in [0.4, 0.5) is 5.69 Å². The number of hydrogen-bond donors (Lipinski definition) is 0. The maximum Gasteiger partial charge on any atom is 0.258 e. The first-order chi connectivity index (χ1) is 11.1. The van der Waals surface area contributed by atoms with Crippen molar-refractivity contribution in [3.63, 3.8) is 0 Å². The Kier molecular flexibility index (Phi) is 4.49. The Morgan fingerprint density at radius 3 is 2.57 bits per heavy atom. The first kappa shape index (κ1) is 15.8. The summed E-state index contributed by atoms with van der Waals surface area (Å²) in [5.41, 5.74) is 5.36. The molecule has 0 fully saturated rings. The van der Waals surface area contributed by atoms with E-state index in [1.807, 2.05) is 23.1 Å². The molecule has 2 aromatic carbocycles. The highest BCUT2D eigenvalue weighted by Crippen LogP contribution is 2.30. The van der Waals surface area contributed by atoms with Crippen molar-refractivity contribution in [2.24, 2.45) is 0 Å². The molecule has 3 rings (SSSR count). The minimum absolute atomic E-state index is 0.105. The van der Waals surface area contributed by atoms with Gasteiger partial charge in [0, 0.05) is 24.3 Å². The summed E-state index contributed by atoms with van der Waals surface area (Å²) in [6, 6.07) is 14.5. The van der Waals surface area contributed by atoms with Crippen molar-refractivity contribution in [1.29, 1.82) is 0 Å². The number of anilines is 1. The lowest BCUT2D eigenvalue weighted by Gasteiger charge is -2.17. The molecule has 0 saturated heterocycles. The highest BCUT2D eigenvalue weighted by Gasteiger charge is 2.28. The van der Waals surface area contributed by atoms with E-state index in [1.54, 1.807) is 7.11 Å². The van der Waals surface area contributed by atoms with Crippen LogP contribution in [0.2, 0.25) is 0 Å². The molecule has 0 saturated carbocycles. The molecule has 3 heteroatoms. The maximum absolute atomic E-state index is 12.7. The smallest absolute Gasteiger partial charge is 0.258 e. The summed E-state index contributed by atoms with van der Waals surface area (Å²) in [5, 5.41) is 0. The second kappa shape index (κ2) is 6.55. The number of hydrogen-bond acceptors (Lipinski definition) is 2. The third-order valence-corrected chi connectivity index (χ3v) is 4.58. The van der Waals surface area contributed by atoms with Gasteiger partial charge in [-0.15, -0.1) is 0 Å². The molecule has 1 heterocycles. The van der Waals surface area contributed by atoms with E-state index in [-0.39, 0.29) is 5.91 Å². The number of rotatable bonds is 5. The molecule has 0 aliphatic carbocycles. The normalized spacial score (nSPS) is 14.9. The van der Waals surface area contributed by atoms with E-state index in [0.717, 1.165) is 23.2 Å². The quantitative estimate of drug-likeness (QED) is 0.830. The summed E-state index contributed by atoms with van der Waals surface area (Å²) in [5.74, 6) is 0.459. The molecule has 0 radical (unpaired) electrons. The third kappa shape index (κ3) is 3.02. The average molecular weight is 309 g/mol. The monoisotopic (exact) mass is 309 g/mol. The zero-order valence-corrected chi connectivity index (χ0v) is 14.0. The second-order valence-corrected chi connectivity index (χ2v) is 6.18. The van der Waals surface area contributed by atoms with E-state index in [2.05, 4.69) is 38.1 Å². The van der Waals surface area contributed by atoms with E-state index in [1.165, 1.54) is 11.1 Å². The average Bonchev–Trinajstić information content (AvgIpc) is 2.91. The van der Waals surface area contributed by atoms with Crippen molar-refractivity contribution >= 4 is 11.6 Å². The fraction of sp³-hybridized carbons (Fsp3) is 0.350. The third-order valence-electron chi connectivity index (χ3n) is 4.58. The van der Waals surface area contributed by atoms with Gasteiger partial charge in [-0.2, -0.15) is 0 Å².